The van der Waals surface area contributed by atoms with Gasteiger partial charge in [-0.05, 0) is 30.9 Å². The van der Waals surface area contributed by atoms with Crippen molar-refractivity contribution < 1.29 is 24.1 Å². The number of nitrogens with one attached hydrogen (secondary N) is 1. The van der Waals surface area contributed by atoms with Crippen LogP contribution in [0.25, 0.3) is 0 Å². The van der Waals surface area contributed by atoms with Crippen LogP contribution in [0.5, 0.6) is 17.2 Å². The van der Waals surface area contributed by atoms with E-state index in [0.717, 1.165) is 18.6 Å². The summed E-state index contributed by atoms with van der Waals surface area (Å²) < 4.78 is 16.1. The van der Waals surface area contributed by atoms with E-state index in [9.17, 15) is 4.79 Å². The third kappa shape index (κ3) is 3.98. The number of hydrogen-bond acceptors (Lipinski definition) is 5. The number of piperidine rings is 1. The molecule has 0 atom stereocenters. The van der Waals surface area contributed by atoms with Crippen LogP contribution >= 0.6 is 0 Å². The molecule has 3 rings (SSSR count). The number of carbonyl (C=O) groups excluding carboxylic acids is 1. The van der Waals surface area contributed by atoms with Crippen molar-refractivity contribution in [2.24, 2.45) is 5.92 Å². The first kappa shape index (κ1) is 15.7. The van der Waals surface area contributed by atoms with Gasteiger partial charge in [-0.1, -0.05) is 0 Å². The van der Waals surface area contributed by atoms with Gasteiger partial charge in [-0.2, -0.15) is 0 Å². The van der Waals surface area contributed by atoms with Gasteiger partial charge in [0.1, 0.15) is 12.4 Å². The number of aliphatic hydroxyl groups is 1. The molecular weight excluding hydrogens is 300 g/mol. The standard InChI is InChI=1S/C16H22N2O5/c19-10-12-3-6-18(7-4-12)16(20)17-5-8-21-13-1-2-14-15(9-13)23-11-22-14/h1-2,9,12,19H,3-8,10-11H2,(H,17,20). The molecule has 7 heteroatoms. The third-order valence-electron chi connectivity index (χ3n) is 4.15. The fourth-order valence-corrected chi connectivity index (χ4v) is 2.72. The van der Waals surface area contributed by atoms with E-state index in [4.69, 9.17) is 19.3 Å². The Morgan fingerprint density at radius 3 is 2.87 bits per heavy atom. The molecule has 0 radical (unpaired) electrons. The van der Waals surface area contributed by atoms with Crippen molar-refractivity contribution in [3.05, 3.63) is 18.2 Å². The lowest BCUT2D eigenvalue weighted by Gasteiger charge is -2.31. The van der Waals surface area contributed by atoms with Gasteiger partial charge in [0.05, 0.1) is 6.54 Å². The summed E-state index contributed by atoms with van der Waals surface area (Å²) in [5, 5.41) is 12.0. The molecule has 2 heterocycles. The molecule has 7 nitrogen and oxygen atoms in total. The Hall–Kier alpha value is -2.15. The quantitative estimate of drug-likeness (QED) is 0.797. The minimum atomic E-state index is -0.0734. The summed E-state index contributed by atoms with van der Waals surface area (Å²) in [6.45, 7) is 2.66. The van der Waals surface area contributed by atoms with Gasteiger partial charge in [-0.15, -0.1) is 0 Å². The van der Waals surface area contributed by atoms with Crippen LogP contribution in [0, 0.1) is 5.92 Å². The van der Waals surface area contributed by atoms with Crippen LogP contribution in [-0.2, 0) is 0 Å². The minimum Gasteiger partial charge on any atom is -0.492 e. The highest BCUT2D eigenvalue weighted by molar-refractivity contribution is 5.74. The molecule has 2 N–H and O–H groups in total. The zero-order chi connectivity index (χ0) is 16.1. The van der Waals surface area contributed by atoms with E-state index in [1.807, 2.05) is 12.1 Å². The van der Waals surface area contributed by atoms with E-state index >= 15 is 0 Å². The van der Waals surface area contributed by atoms with Crippen LogP contribution in [0.1, 0.15) is 12.8 Å². The zero-order valence-electron chi connectivity index (χ0n) is 13.0. The molecule has 1 fully saturated rings. The number of aliphatic hydroxyl groups excluding tert-OH is 1. The average molecular weight is 322 g/mol. The molecule has 0 saturated carbocycles. The predicted octanol–water partition coefficient (Wildman–Crippen LogP) is 1.21. The second-order valence-electron chi connectivity index (χ2n) is 5.71. The maximum Gasteiger partial charge on any atom is 0.317 e. The minimum absolute atomic E-state index is 0.0734. The number of carbonyl (C=O) groups is 1. The summed E-state index contributed by atoms with van der Waals surface area (Å²) in [6.07, 6.45) is 1.72. The van der Waals surface area contributed by atoms with Gasteiger partial charge in [-0.25, -0.2) is 4.79 Å². The van der Waals surface area contributed by atoms with E-state index in [-0.39, 0.29) is 19.4 Å². The summed E-state index contributed by atoms with van der Waals surface area (Å²) in [7, 11) is 0. The molecule has 1 aromatic rings. The molecule has 0 bridgehead atoms. The number of fused-ring (bicyclic) bond motifs is 1. The normalized spacial score (nSPS) is 17.2. The monoisotopic (exact) mass is 322 g/mol. The van der Waals surface area contributed by atoms with Crippen LogP contribution in [0.15, 0.2) is 18.2 Å². The van der Waals surface area contributed by atoms with E-state index in [1.54, 1.807) is 11.0 Å². The molecular formula is C16H22N2O5. The topological polar surface area (TPSA) is 80.3 Å². The summed E-state index contributed by atoms with van der Waals surface area (Å²) in [4.78, 5) is 13.8. The number of urea groups is 1. The molecule has 1 aromatic carbocycles. The van der Waals surface area contributed by atoms with E-state index in [0.29, 0.717) is 43.7 Å². The largest absolute Gasteiger partial charge is 0.492 e. The van der Waals surface area contributed by atoms with Gasteiger partial charge in [0.25, 0.3) is 0 Å². The highest BCUT2D eigenvalue weighted by atomic mass is 16.7. The van der Waals surface area contributed by atoms with E-state index < -0.39 is 0 Å². The van der Waals surface area contributed by atoms with Gasteiger partial charge in [0.15, 0.2) is 11.5 Å². The molecule has 2 aliphatic rings. The molecule has 0 aromatic heterocycles. The SMILES string of the molecule is O=C(NCCOc1ccc2c(c1)OCO2)N1CCC(CO)CC1. The van der Waals surface area contributed by atoms with Crippen LogP contribution in [0.4, 0.5) is 4.79 Å². The number of benzene rings is 1. The lowest BCUT2D eigenvalue weighted by Crippen LogP contribution is -2.45. The van der Waals surface area contributed by atoms with Crippen molar-refractivity contribution in [1.29, 1.82) is 0 Å². The first-order chi connectivity index (χ1) is 11.3. The molecule has 2 aliphatic heterocycles. The van der Waals surface area contributed by atoms with Crippen LogP contribution in [0.3, 0.4) is 0 Å². The zero-order valence-corrected chi connectivity index (χ0v) is 13.0. The average Bonchev–Trinajstić information content (AvgIpc) is 3.06. The Kier molecular flexibility index (Phi) is 5.07. The van der Waals surface area contributed by atoms with Gasteiger partial charge in [-0.3, -0.25) is 0 Å². The highest BCUT2D eigenvalue weighted by Gasteiger charge is 2.21. The smallest absolute Gasteiger partial charge is 0.317 e. The summed E-state index contributed by atoms with van der Waals surface area (Å²) in [6, 6.07) is 5.33. The Morgan fingerprint density at radius 1 is 1.30 bits per heavy atom. The highest BCUT2D eigenvalue weighted by Crippen LogP contribution is 2.34. The first-order valence-electron chi connectivity index (χ1n) is 7.92. The van der Waals surface area contributed by atoms with Crippen LogP contribution in [-0.4, -0.2) is 55.7 Å². The summed E-state index contributed by atoms with van der Waals surface area (Å²) in [5.74, 6) is 2.41. The van der Waals surface area contributed by atoms with Crippen molar-refractivity contribution in [3.63, 3.8) is 0 Å². The van der Waals surface area contributed by atoms with Gasteiger partial charge in [0, 0.05) is 25.8 Å². The van der Waals surface area contributed by atoms with Gasteiger partial charge < -0.3 is 29.5 Å². The van der Waals surface area contributed by atoms with Crippen molar-refractivity contribution in [2.75, 3.05) is 39.6 Å². The molecule has 0 aliphatic carbocycles. The fourth-order valence-electron chi connectivity index (χ4n) is 2.72. The Bertz CT molecular complexity index is 543. The first-order valence-corrected chi connectivity index (χ1v) is 7.92. The van der Waals surface area contributed by atoms with Crippen LogP contribution < -0.4 is 19.5 Å². The summed E-state index contributed by atoms with van der Waals surface area (Å²) >= 11 is 0. The lowest BCUT2D eigenvalue weighted by molar-refractivity contribution is 0.136. The molecule has 126 valence electrons. The van der Waals surface area contributed by atoms with E-state index in [1.165, 1.54) is 0 Å². The van der Waals surface area contributed by atoms with Crippen molar-refractivity contribution >= 4 is 6.03 Å². The Balaban J connectivity index is 1.36. The molecule has 0 unspecified atom stereocenters. The number of nitrogens with zero attached hydrogens (tertiary/aromatic N) is 1. The van der Waals surface area contributed by atoms with Gasteiger partial charge in [0.2, 0.25) is 6.79 Å². The predicted molar refractivity (Wildman–Crippen MR) is 82.8 cm³/mol. The Labute approximate surface area is 135 Å². The van der Waals surface area contributed by atoms with Crippen LogP contribution in [0.2, 0.25) is 0 Å². The third-order valence-corrected chi connectivity index (χ3v) is 4.15. The molecule has 2 amide bonds. The second-order valence-corrected chi connectivity index (χ2v) is 5.71. The number of rotatable bonds is 5. The molecule has 0 spiro atoms. The number of amides is 2. The Morgan fingerprint density at radius 2 is 2.09 bits per heavy atom. The molecule has 23 heavy (non-hydrogen) atoms. The maximum absolute atomic E-state index is 12.0. The second kappa shape index (κ2) is 7.41. The maximum atomic E-state index is 12.0. The van der Waals surface area contributed by atoms with E-state index in [2.05, 4.69) is 5.32 Å². The number of hydrogen-bond donors (Lipinski definition) is 2. The molecule has 1 saturated heterocycles. The van der Waals surface area contributed by atoms with Gasteiger partial charge >= 0.3 is 6.03 Å². The lowest BCUT2D eigenvalue weighted by atomic mass is 9.98. The number of likely N-dealkylation sites (tertiary alicyclic amines) is 1. The van der Waals surface area contributed by atoms with Crippen molar-refractivity contribution in [1.82, 2.24) is 10.2 Å². The van der Waals surface area contributed by atoms with Crippen molar-refractivity contribution in [2.45, 2.75) is 12.8 Å². The number of ether oxygens (including phenoxy) is 3. The fraction of sp³-hybridized carbons (Fsp3) is 0.562. The van der Waals surface area contributed by atoms with Crippen molar-refractivity contribution in [3.8, 4) is 17.2 Å². The summed E-state index contributed by atoms with van der Waals surface area (Å²) in [5.41, 5.74) is 0.